The van der Waals surface area contributed by atoms with Crippen LogP contribution >= 0.6 is 23.1 Å². The molecule has 2 aromatic heterocycles. The van der Waals surface area contributed by atoms with Crippen molar-refractivity contribution in [3.63, 3.8) is 0 Å². The number of nitrogens with one attached hydrogen (secondary N) is 1. The Labute approximate surface area is 163 Å². The molecule has 1 atom stereocenters. The van der Waals surface area contributed by atoms with Crippen molar-refractivity contribution in [3.8, 4) is 22.2 Å². The number of benzene rings is 1. The zero-order valence-corrected chi connectivity index (χ0v) is 16.0. The Morgan fingerprint density at radius 2 is 2.22 bits per heavy atom. The second-order valence-electron chi connectivity index (χ2n) is 5.82. The van der Waals surface area contributed by atoms with Crippen LogP contribution in [0.2, 0.25) is 0 Å². The highest BCUT2D eigenvalue weighted by molar-refractivity contribution is 8.00. The average molecular weight is 403 g/mol. The first-order valence-corrected chi connectivity index (χ1v) is 9.95. The lowest BCUT2D eigenvalue weighted by Gasteiger charge is -2.11. The lowest BCUT2D eigenvalue weighted by atomic mass is 10.2. The van der Waals surface area contributed by atoms with Crippen molar-refractivity contribution in [2.24, 2.45) is 0 Å². The summed E-state index contributed by atoms with van der Waals surface area (Å²) in [7, 11) is 0. The summed E-state index contributed by atoms with van der Waals surface area (Å²) in [4.78, 5) is 13.3. The highest BCUT2D eigenvalue weighted by Gasteiger charge is 2.20. The molecule has 0 spiro atoms. The molecule has 3 aromatic rings. The van der Waals surface area contributed by atoms with Crippen molar-refractivity contribution in [2.75, 3.05) is 12.6 Å². The number of nitrogens with two attached hydrogens (primary N) is 1. The van der Waals surface area contributed by atoms with Crippen LogP contribution in [0.25, 0.3) is 10.7 Å². The summed E-state index contributed by atoms with van der Waals surface area (Å²) in [5.41, 5.74) is 0.937. The van der Waals surface area contributed by atoms with Gasteiger partial charge in [-0.2, -0.15) is 0 Å². The van der Waals surface area contributed by atoms with Crippen molar-refractivity contribution in [1.29, 1.82) is 0 Å². The Kier molecular flexibility index (Phi) is 4.90. The zero-order valence-electron chi connectivity index (χ0n) is 14.4. The van der Waals surface area contributed by atoms with Crippen molar-refractivity contribution in [3.05, 3.63) is 41.3 Å². The number of fused-ring (bicyclic) bond motifs is 1. The van der Waals surface area contributed by atoms with Gasteiger partial charge in [-0.25, -0.2) is 4.68 Å². The first kappa shape index (κ1) is 17.7. The van der Waals surface area contributed by atoms with E-state index in [1.165, 1.54) is 27.8 Å². The lowest BCUT2D eigenvalue weighted by Crippen LogP contribution is -2.30. The highest BCUT2D eigenvalue weighted by Crippen LogP contribution is 2.32. The summed E-state index contributed by atoms with van der Waals surface area (Å²) >= 11 is 2.80. The molecule has 4 rings (SSSR count). The maximum Gasteiger partial charge on any atom is 0.233 e. The van der Waals surface area contributed by atoms with E-state index in [0.29, 0.717) is 23.3 Å². The molecular weight excluding hydrogens is 386 g/mol. The maximum atomic E-state index is 12.4. The number of aromatic nitrogens is 3. The topological polar surface area (TPSA) is 104 Å². The minimum atomic E-state index is -0.373. The minimum absolute atomic E-state index is 0.113. The fraction of sp³-hybridized carbons (Fsp3) is 0.235. The SMILES string of the molecule is C[C@H](Sc1nnc(-c2cccs2)n1N)C(=O)NCc1ccc2c(c1)OCO2. The number of thioether (sulfide) groups is 1. The van der Waals surface area contributed by atoms with Crippen LogP contribution < -0.4 is 20.6 Å². The predicted molar refractivity (Wildman–Crippen MR) is 103 cm³/mol. The number of carbonyl (C=O) groups excluding carboxylic acids is 1. The maximum absolute atomic E-state index is 12.4. The summed E-state index contributed by atoms with van der Waals surface area (Å²) < 4.78 is 12.0. The van der Waals surface area contributed by atoms with Crippen LogP contribution in [0.5, 0.6) is 11.5 Å². The Bertz CT molecular complexity index is 958. The largest absolute Gasteiger partial charge is 0.454 e. The van der Waals surface area contributed by atoms with Crippen molar-refractivity contribution in [2.45, 2.75) is 23.9 Å². The number of amides is 1. The van der Waals surface area contributed by atoms with Crippen molar-refractivity contribution in [1.82, 2.24) is 20.2 Å². The normalized spacial score (nSPS) is 13.5. The quantitative estimate of drug-likeness (QED) is 0.480. The predicted octanol–water partition coefficient (Wildman–Crippen LogP) is 2.25. The molecule has 0 fully saturated rings. The number of nitrogen functional groups attached to an aromatic ring is 1. The number of hydrogen-bond acceptors (Lipinski definition) is 8. The van der Waals surface area contributed by atoms with Gasteiger partial charge in [-0.05, 0) is 36.1 Å². The molecule has 8 nitrogen and oxygen atoms in total. The van der Waals surface area contributed by atoms with Gasteiger partial charge in [0.15, 0.2) is 17.3 Å². The van der Waals surface area contributed by atoms with E-state index in [1.807, 2.05) is 35.7 Å². The van der Waals surface area contributed by atoms with Gasteiger partial charge in [0, 0.05) is 6.54 Å². The van der Waals surface area contributed by atoms with Crippen LogP contribution in [-0.4, -0.2) is 32.8 Å². The van der Waals surface area contributed by atoms with E-state index >= 15 is 0 Å². The van der Waals surface area contributed by atoms with Gasteiger partial charge in [0.25, 0.3) is 0 Å². The fourth-order valence-corrected chi connectivity index (χ4v) is 4.03. The number of hydrogen-bond donors (Lipinski definition) is 2. The standard InChI is InChI=1S/C17H17N5O3S2/c1-10(27-17-21-20-15(22(17)18)14-3-2-6-26-14)16(23)19-8-11-4-5-12-13(7-11)25-9-24-12/h2-7,10H,8-9,18H2,1H3,(H,19,23)/t10-/m0/s1. The monoisotopic (exact) mass is 403 g/mol. The zero-order chi connectivity index (χ0) is 18.8. The smallest absolute Gasteiger partial charge is 0.233 e. The molecule has 3 heterocycles. The number of nitrogens with zero attached hydrogens (tertiary/aromatic N) is 3. The van der Waals surface area contributed by atoms with E-state index in [4.69, 9.17) is 15.3 Å². The highest BCUT2D eigenvalue weighted by atomic mass is 32.2. The first-order valence-electron chi connectivity index (χ1n) is 8.19. The number of ether oxygens (including phenoxy) is 2. The molecule has 140 valence electrons. The molecule has 0 saturated carbocycles. The minimum Gasteiger partial charge on any atom is -0.454 e. The van der Waals surface area contributed by atoms with E-state index in [2.05, 4.69) is 15.5 Å². The van der Waals surface area contributed by atoms with Crippen molar-refractivity contribution >= 4 is 29.0 Å². The van der Waals surface area contributed by atoms with Gasteiger partial charge in [0.2, 0.25) is 17.9 Å². The molecule has 0 aliphatic carbocycles. The third-order valence-corrected chi connectivity index (χ3v) is 5.88. The molecule has 1 aliphatic heterocycles. The van der Waals surface area contributed by atoms with Crippen LogP contribution in [0, 0.1) is 0 Å². The summed E-state index contributed by atoms with van der Waals surface area (Å²) in [6.45, 7) is 2.43. The number of carbonyl (C=O) groups is 1. The van der Waals surface area contributed by atoms with Gasteiger partial charge < -0.3 is 20.6 Å². The molecule has 1 aliphatic rings. The van der Waals surface area contributed by atoms with Gasteiger partial charge in [0.1, 0.15) is 0 Å². The molecule has 0 bridgehead atoms. The van der Waals surface area contributed by atoms with Crippen molar-refractivity contribution < 1.29 is 14.3 Å². The Hall–Kier alpha value is -2.72. The van der Waals surface area contributed by atoms with Gasteiger partial charge in [0.05, 0.1) is 10.1 Å². The Morgan fingerprint density at radius 1 is 1.37 bits per heavy atom. The molecule has 0 unspecified atom stereocenters. The first-order chi connectivity index (χ1) is 13.1. The molecule has 27 heavy (non-hydrogen) atoms. The fourth-order valence-electron chi connectivity index (χ4n) is 2.53. The lowest BCUT2D eigenvalue weighted by molar-refractivity contribution is -0.120. The molecule has 10 heteroatoms. The summed E-state index contributed by atoms with van der Waals surface area (Å²) in [5, 5.41) is 13.2. The Morgan fingerprint density at radius 3 is 3.04 bits per heavy atom. The molecule has 3 N–H and O–H groups in total. The number of rotatable bonds is 6. The average Bonchev–Trinajstić information content (AvgIpc) is 3.41. The van der Waals surface area contributed by atoms with Gasteiger partial charge >= 0.3 is 0 Å². The van der Waals surface area contributed by atoms with E-state index in [-0.39, 0.29) is 18.0 Å². The molecule has 0 saturated heterocycles. The van der Waals surface area contributed by atoms with Gasteiger partial charge in [-0.3, -0.25) is 4.79 Å². The van der Waals surface area contributed by atoms with Crippen LogP contribution in [0.3, 0.4) is 0 Å². The van der Waals surface area contributed by atoms with E-state index in [1.54, 1.807) is 6.92 Å². The summed E-state index contributed by atoms with van der Waals surface area (Å²) in [6, 6.07) is 9.45. The Balaban J connectivity index is 1.36. The van der Waals surface area contributed by atoms with E-state index in [9.17, 15) is 4.79 Å². The summed E-state index contributed by atoms with van der Waals surface area (Å²) in [6.07, 6.45) is 0. The van der Waals surface area contributed by atoms with Crippen LogP contribution in [0.4, 0.5) is 0 Å². The number of thiophene rings is 1. The third kappa shape index (κ3) is 3.71. The molecule has 1 amide bonds. The van der Waals surface area contributed by atoms with Gasteiger partial charge in [-0.15, -0.1) is 21.5 Å². The second-order valence-corrected chi connectivity index (χ2v) is 8.07. The molecule has 0 radical (unpaired) electrons. The second kappa shape index (κ2) is 7.49. The van der Waals surface area contributed by atoms with Gasteiger partial charge in [-0.1, -0.05) is 23.9 Å². The molecule has 1 aromatic carbocycles. The van der Waals surface area contributed by atoms with Crippen LogP contribution in [0.1, 0.15) is 12.5 Å². The molecular formula is C17H17N5O3S2. The van der Waals surface area contributed by atoms with E-state index < -0.39 is 0 Å². The third-order valence-electron chi connectivity index (χ3n) is 3.96. The van der Waals surface area contributed by atoms with Crippen LogP contribution in [-0.2, 0) is 11.3 Å². The summed E-state index contributed by atoms with van der Waals surface area (Å²) in [5.74, 6) is 7.97. The van der Waals surface area contributed by atoms with E-state index in [0.717, 1.165) is 16.2 Å². The van der Waals surface area contributed by atoms with Crippen LogP contribution in [0.15, 0.2) is 40.9 Å².